The van der Waals surface area contributed by atoms with Crippen LogP contribution in [0.3, 0.4) is 0 Å². The number of aliphatic hydroxyl groups is 1. The fourth-order valence-corrected chi connectivity index (χ4v) is 4.52. The molecule has 0 bridgehead atoms. The molecule has 0 unspecified atom stereocenters. The monoisotopic (exact) mass is 452 g/mol. The van der Waals surface area contributed by atoms with Crippen LogP contribution in [0.2, 0.25) is 0 Å². The fraction of sp³-hybridized carbons (Fsp3) is 0.360. The molecule has 1 aliphatic rings. The molecule has 0 radical (unpaired) electrons. The van der Waals surface area contributed by atoms with Gasteiger partial charge in [-0.15, -0.1) is 0 Å². The largest absolute Gasteiger partial charge is 0.496 e. The summed E-state index contributed by atoms with van der Waals surface area (Å²) in [7, 11) is 1.63. The molecule has 1 saturated heterocycles. The Morgan fingerprint density at radius 1 is 1.30 bits per heavy atom. The maximum atomic E-state index is 14.6. The van der Waals surface area contributed by atoms with E-state index in [9.17, 15) is 14.3 Å². The summed E-state index contributed by atoms with van der Waals surface area (Å²) in [5.74, 6) is -0.0788. The van der Waals surface area contributed by atoms with Crippen LogP contribution in [-0.4, -0.2) is 54.2 Å². The van der Waals surface area contributed by atoms with Crippen molar-refractivity contribution < 1.29 is 19.0 Å². The number of primary amides is 1. The molecule has 0 spiro atoms. The highest BCUT2D eigenvalue weighted by molar-refractivity contribution is 6.07. The van der Waals surface area contributed by atoms with Crippen LogP contribution >= 0.6 is 0 Å². The van der Waals surface area contributed by atoms with Crippen molar-refractivity contribution in [2.45, 2.75) is 25.7 Å². The number of benzene rings is 2. The van der Waals surface area contributed by atoms with Crippen LogP contribution in [0.4, 0.5) is 15.8 Å². The number of carbonyl (C=O) groups is 1. The summed E-state index contributed by atoms with van der Waals surface area (Å²) in [6, 6.07) is 8.71. The number of carbonyl (C=O) groups excluding carboxylic acids is 1. The highest BCUT2D eigenvalue weighted by Gasteiger charge is 2.25. The highest BCUT2D eigenvalue weighted by Crippen LogP contribution is 2.40. The average molecular weight is 453 g/mol. The van der Waals surface area contributed by atoms with Crippen molar-refractivity contribution >= 4 is 28.2 Å². The van der Waals surface area contributed by atoms with Gasteiger partial charge in [0.25, 0.3) is 5.91 Å². The van der Waals surface area contributed by atoms with Gasteiger partial charge < -0.3 is 25.8 Å². The van der Waals surface area contributed by atoms with E-state index in [1.165, 1.54) is 12.3 Å². The number of hydrogen-bond donors (Lipinski definition) is 3. The van der Waals surface area contributed by atoms with Crippen molar-refractivity contribution in [3.05, 3.63) is 59.0 Å². The number of aryl methyl sites for hydroxylation is 1. The van der Waals surface area contributed by atoms with Gasteiger partial charge in [0.1, 0.15) is 11.6 Å². The van der Waals surface area contributed by atoms with Gasteiger partial charge in [-0.25, -0.2) is 4.39 Å². The third-order valence-corrected chi connectivity index (χ3v) is 6.31. The summed E-state index contributed by atoms with van der Waals surface area (Å²) < 4.78 is 20.3. The Labute approximate surface area is 192 Å². The molecule has 0 atom stereocenters. The van der Waals surface area contributed by atoms with Crippen LogP contribution in [-0.2, 0) is 0 Å². The Morgan fingerprint density at radius 3 is 2.70 bits per heavy atom. The number of piperidine rings is 1. The van der Waals surface area contributed by atoms with Gasteiger partial charge in [-0.1, -0.05) is 6.07 Å². The number of methoxy groups -OCH3 is 1. The van der Waals surface area contributed by atoms with Crippen molar-refractivity contribution in [2.75, 3.05) is 38.7 Å². The fourth-order valence-electron chi connectivity index (χ4n) is 4.52. The van der Waals surface area contributed by atoms with Gasteiger partial charge in [0.05, 0.1) is 36.2 Å². The minimum atomic E-state index is -0.644. The number of aromatic nitrogens is 1. The number of hydrogen-bond acceptors (Lipinski definition) is 6. The van der Waals surface area contributed by atoms with E-state index >= 15 is 0 Å². The second-order valence-electron chi connectivity index (χ2n) is 8.47. The molecule has 2 aromatic carbocycles. The first kappa shape index (κ1) is 22.9. The summed E-state index contributed by atoms with van der Waals surface area (Å²) >= 11 is 0. The number of likely N-dealkylation sites (tertiary alicyclic amines) is 1. The van der Waals surface area contributed by atoms with E-state index < -0.39 is 11.7 Å². The number of nitrogens with zero attached hydrogens (tertiary/aromatic N) is 2. The highest BCUT2D eigenvalue weighted by atomic mass is 19.1. The molecular formula is C25H29FN4O3. The third kappa shape index (κ3) is 4.77. The van der Waals surface area contributed by atoms with Crippen molar-refractivity contribution in [1.82, 2.24) is 9.88 Å². The lowest BCUT2D eigenvalue weighted by Gasteiger charge is -2.32. The molecule has 2 heterocycles. The summed E-state index contributed by atoms with van der Waals surface area (Å²) in [5, 5.41) is 13.0. The molecule has 3 aromatic rings. The van der Waals surface area contributed by atoms with Gasteiger partial charge in [0, 0.05) is 24.2 Å². The molecule has 1 aromatic heterocycles. The third-order valence-electron chi connectivity index (χ3n) is 6.31. The predicted molar refractivity (Wildman–Crippen MR) is 127 cm³/mol. The number of halogens is 1. The Balaban J connectivity index is 1.81. The average Bonchev–Trinajstić information content (AvgIpc) is 2.80. The lowest BCUT2D eigenvalue weighted by molar-refractivity contribution is 0.100. The molecular weight excluding hydrogens is 423 g/mol. The van der Waals surface area contributed by atoms with E-state index in [0.717, 1.165) is 42.8 Å². The Morgan fingerprint density at radius 2 is 2.06 bits per heavy atom. The van der Waals surface area contributed by atoms with Crippen LogP contribution in [0, 0.1) is 12.7 Å². The van der Waals surface area contributed by atoms with Crippen LogP contribution in [0.5, 0.6) is 5.75 Å². The number of rotatable bonds is 7. The molecule has 33 heavy (non-hydrogen) atoms. The lowest BCUT2D eigenvalue weighted by atomic mass is 9.87. The first-order valence-electron chi connectivity index (χ1n) is 11.1. The molecule has 8 heteroatoms. The summed E-state index contributed by atoms with van der Waals surface area (Å²) in [5.41, 5.74) is 8.95. The smallest absolute Gasteiger partial charge is 0.252 e. The van der Waals surface area contributed by atoms with Gasteiger partial charge in [0.15, 0.2) is 0 Å². The molecule has 0 aliphatic carbocycles. The van der Waals surface area contributed by atoms with E-state index in [1.54, 1.807) is 19.2 Å². The first-order chi connectivity index (χ1) is 15.9. The molecule has 1 fully saturated rings. The van der Waals surface area contributed by atoms with E-state index in [1.807, 2.05) is 19.1 Å². The zero-order valence-electron chi connectivity index (χ0n) is 18.9. The van der Waals surface area contributed by atoms with E-state index in [2.05, 4.69) is 15.2 Å². The molecule has 4 rings (SSSR count). The molecule has 7 nitrogen and oxygen atoms in total. The number of pyridine rings is 1. The van der Waals surface area contributed by atoms with Gasteiger partial charge in [-0.2, -0.15) is 0 Å². The van der Waals surface area contributed by atoms with Crippen molar-refractivity contribution in [3.8, 4) is 5.75 Å². The topological polar surface area (TPSA) is 101 Å². The zero-order valence-corrected chi connectivity index (χ0v) is 18.9. The Hall–Kier alpha value is -3.23. The number of anilines is 2. The SMILES string of the molecule is COc1cc2ncc(C(N)=O)c(Nc3ccc(C)cc3F)c2cc1C1CCN(CCO)CC1. The molecule has 4 N–H and O–H groups in total. The van der Waals surface area contributed by atoms with Gasteiger partial charge in [-0.3, -0.25) is 9.78 Å². The molecule has 0 saturated carbocycles. The maximum absolute atomic E-state index is 14.6. The number of β-amino-alcohol motifs (C(OH)–C–C–N with tert-alkyl or cyclic N) is 1. The van der Waals surface area contributed by atoms with E-state index in [-0.39, 0.29) is 23.8 Å². The number of nitrogens with two attached hydrogens (primary N) is 1. The summed E-state index contributed by atoms with van der Waals surface area (Å²) in [4.78, 5) is 18.9. The summed E-state index contributed by atoms with van der Waals surface area (Å²) in [6.45, 7) is 4.39. The molecule has 1 amide bonds. The number of ether oxygens (including phenoxy) is 1. The number of fused-ring (bicyclic) bond motifs is 1. The van der Waals surface area contributed by atoms with Gasteiger partial charge >= 0.3 is 0 Å². The van der Waals surface area contributed by atoms with Crippen LogP contribution in [0.15, 0.2) is 36.5 Å². The predicted octanol–water partition coefficient (Wildman–Crippen LogP) is 3.71. The maximum Gasteiger partial charge on any atom is 0.252 e. The van der Waals surface area contributed by atoms with Gasteiger partial charge in [-0.05, 0) is 68.1 Å². The van der Waals surface area contributed by atoms with Crippen molar-refractivity contribution in [3.63, 3.8) is 0 Å². The van der Waals surface area contributed by atoms with Gasteiger partial charge in [0.2, 0.25) is 0 Å². The molecule has 174 valence electrons. The van der Waals surface area contributed by atoms with Crippen molar-refractivity contribution in [1.29, 1.82) is 0 Å². The standard InChI is InChI=1S/C25H29FN4O3/c1-15-3-4-21(20(26)11-15)29-24-18-12-17(16-5-7-30(8-6-16)9-10-31)23(33-2)13-22(18)28-14-19(24)25(27)32/h3-4,11-14,16,31H,5-10H2,1-2H3,(H2,27,32)(H,28,29). The van der Waals surface area contributed by atoms with Crippen LogP contribution in [0.1, 0.15) is 40.2 Å². The first-order valence-corrected chi connectivity index (χ1v) is 11.1. The number of amides is 1. The minimum absolute atomic E-state index is 0.149. The Kier molecular flexibility index (Phi) is 6.76. The van der Waals surface area contributed by atoms with E-state index in [0.29, 0.717) is 23.1 Å². The quantitative estimate of drug-likeness (QED) is 0.505. The van der Waals surface area contributed by atoms with Crippen LogP contribution in [0.25, 0.3) is 10.9 Å². The second kappa shape index (κ2) is 9.72. The normalized spacial score (nSPS) is 15.0. The summed E-state index contributed by atoms with van der Waals surface area (Å²) in [6.07, 6.45) is 3.24. The lowest BCUT2D eigenvalue weighted by Crippen LogP contribution is -2.35. The zero-order chi connectivity index (χ0) is 23.5. The molecule has 1 aliphatic heterocycles. The van der Waals surface area contributed by atoms with Crippen LogP contribution < -0.4 is 15.8 Å². The second-order valence-corrected chi connectivity index (χ2v) is 8.47. The number of aliphatic hydroxyl groups excluding tert-OH is 1. The number of nitrogens with one attached hydrogen (secondary N) is 1. The van der Waals surface area contributed by atoms with Crippen molar-refractivity contribution in [2.24, 2.45) is 5.73 Å². The Bertz CT molecular complexity index is 1180. The van der Waals surface area contributed by atoms with E-state index in [4.69, 9.17) is 10.5 Å². The minimum Gasteiger partial charge on any atom is -0.496 e.